The molecule has 0 aliphatic heterocycles. The first-order valence-electron chi connectivity index (χ1n) is 8.80. The lowest BCUT2D eigenvalue weighted by Gasteiger charge is -2.07. The lowest BCUT2D eigenvalue weighted by atomic mass is 10.1. The zero-order valence-corrected chi connectivity index (χ0v) is 15.7. The SMILES string of the molecule is O=C(OCc1ccc(Cl)cc1)c1oc2ccccc2c1COc1ccccc1. The molecular formula is C23H17ClO4. The summed E-state index contributed by atoms with van der Waals surface area (Å²) in [5.74, 6) is 0.345. The van der Waals surface area contributed by atoms with Gasteiger partial charge in [0.2, 0.25) is 5.76 Å². The number of carbonyl (C=O) groups excluding carboxylic acids is 1. The van der Waals surface area contributed by atoms with E-state index in [0.717, 1.165) is 10.9 Å². The molecule has 140 valence electrons. The van der Waals surface area contributed by atoms with E-state index in [-0.39, 0.29) is 19.0 Å². The van der Waals surface area contributed by atoms with Gasteiger partial charge in [-0.15, -0.1) is 0 Å². The van der Waals surface area contributed by atoms with Gasteiger partial charge in [-0.2, -0.15) is 0 Å². The number of furan rings is 1. The van der Waals surface area contributed by atoms with Crippen LogP contribution in [0.5, 0.6) is 5.75 Å². The van der Waals surface area contributed by atoms with Crippen molar-refractivity contribution in [3.8, 4) is 5.75 Å². The number of para-hydroxylation sites is 2. The van der Waals surface area contributed by atoms with Gasteiger partial charge in [-0.3, -0.25) is 0 Å². The number of hydrogen-bond donors (Lipinski definition) is 0. The Morgan fingerprint density at radius 1 is 0.857 bits per heavy atom. The summed E-state index contributed by atoms with van der Waals surface area (Å²) >= 11 is 5.88. The molecular weight excluding hydrogens is 376 g/mol. The molecule has 0 aliphatic carbocycles. The second kappa shape index (κ2) is 8.19. The number of benzene rings is 3. The number of ether oxygens (including phenoxy) is 2. The Labute approximate surface area is 167 Å². The number of halogens is 1. The van der Waals surface area contributed by atoms with Crippen molar-refractivity contribution in [1.82, 2.24) is 0 Å². The first-order chi connectivity index (χ1) is 13.7. The minimum absolute atomic E-state index is 0.131. The molecule has 28 heavy (non-hydrogen) atoms. The molecule has 0 bridgehead atoms. The fraction of sp³-hybridized carbons (Fsp3) is 0.0870. The molecule has 4 aromatic rings. The Kier molecular flexibility index (Phi) is 5.31. The number of esters is 1. The first-order valence-corrected chi connectivity index (χ1v) is 9.18. The summed E-state index contributed by atoms with van der Waals surface area (Å²) in [6.45, 7) is 0.332. The van der Waals surface area contributed by atoms with Gasteiger partial charge in [0.15, 0.2) is 0 Å². The predicted molar refractivity (Wildman–Crippen MR) is 108 cm³/mol. The van der Waals surface area contributed by atoms with Gasteiger partial charge in [-0.25, -0.2) is 4.79 Å². The van der Waals surface area contributed by atoms with Crippen LogP contribution in [0.25, 0.3) is 11.0 Å². The van der Waals surface area contributed by atoms with E-state index >= 15 is 0 Å². The molecule has 0 aliphatic rings. The van der Waals surface area contributed by atoms with E-state index < -0.39 is 5.97 Å². The van der Waals surface area contributed by atoms with E-state index in [2.05, 4.69) is 0 Å². The van der Waals surface area contributed by atoms with E-state index in [1.165, 1.54) is 0 Å². The molecule has 0 N–H and O–H groups in total. The van der Waals surface area contributed by atoms with Crippen LogP contribution in [0.4, 0.5) is 0 Å². The van der Waals surface area contributed by atoms with Crippen molar-refractivity contribution < 1.29 is 18.7 Å². The van der Waals surface area contributed by atoms with Crippen molar-refractivity contribution in [1.29, 1.82) is 0 Å². The molecule has 0 amide bonds. The van der Waals surface area contributed by atoms with Crippen LogP contribution in [0.15, 0.2) is 83.3 Å². The van der Waals surface area contributed by atoms with Gasteiger partial charge in [0.1, 0.15) is 24.5 Å². The minimum Gasteiger partial charge on any atom is -0.489 e. The van der Waals surface area contributed by atoms with Crippen molar-refractivity contribution in [2.45, 2.75) is 13.2 Å². The average Bonchev–Trinajstić information content (AvgIpc) is 3.11. The Bertz CT molecular complexity index is 1080. The Hall–Kier alpha value is -3.24. The largest absolute Gasteiger partial charge is 0.489 e. The Morgan fingerprint density at radius 3 is 2.36 bits per heavy atom. The highest BCUT2D eigenvalue weighted by atomic mass is 35.5. The maximum atomic E-state index is 12.7. The standard InChI is InChI=1S/C23H17ClO4/c24-17-12-10-16(11-13-17)14-27-23(25)22-20(15-26-18-6-2-1-3-7-18)19-8-4-5-9-21(19)28-22/h1-13H,14-15H2. The highest BCUT2D eigenvalue weighted by Gasteiger charge is 2.22. The summed E-state index contributed by atoms with van der Waals surface area (Å²) in [4.78, 5) is 12.7. The predicted octanol–water partition coefficient (Wildman–Crippen LogP) is 6.02. The smallest absolute Gasteiger partial charge is 0.375 e. The van der Waals surface area contributed by atoms with Gasteiger partial charge in [-0.05, 0) is 35.9 Å². The molecule has 0 radical (unpaired) electrons. The summed E-state index contributed by atoms with van der Waals surface area (Å²) < 4.78 is 17.1. The third-order valence-corrected chi connectivity index (χ3v) is 4.55. The highest BCUT2D eigenvalue weighted by Crippen LogP contribution is 2.28. The summed E-state index contributed by atoms with van der Waals surface area (Å²) in [5, 5.41) is 1.46. The third-order valence-electron chi connectivity index (χ3n) is 4.29. The van der Waals surface area contributed by atoms with Crippen molar-refractivity contribution in [2.24, 2.45) is 0 Å². The van der Waals surface area contributed by atoms with Gasteiger partial charge in [0.05, 0.1) is 5.56 Å². The summed E-state index contributed by atoms with van der Waals surface area (Å²) in [5.41, 5.74) is 2.13. The van der Waals surface area contributed by atoms with Gasteiger partial charge < -0.3 is 13.9 Å². The van der Waals surface area contributed by atoms with E-state index in [0.29, 0.717) is 21.9 Å². The molecule has 4 nitrogen and oxygen atoms in total. The van der Waals surface area contributed by atoms with Crippen LogP contribution < -0.4 is 4.74 Å². The fourth-order valence-electron chi connectivity index (χ4n) is 2.87. The van der Waals surface area contributed by atoms with Crippen molar-refractivity contribution in [2.75, 3.05) is 0 Å². The summed E-state index contributed by atoms with van der Waals surface area (Å²) in [6.07, 6.45) is 0. The number of hydrogen-bond acceptors (Lipinski definition) is 4. The first kappa shape index (κ1) is 18.1. The van der Waals surface area contributed by atoms with Crippen LogP contribution in [-0.2, 0) is 18.0 Å². The van der Waals surface area contributed by atoms with Crippen LogP contribution in [-0.4, -0.2) is 5.97 Å². The molecule has 1 heterocycles. The normalized spacial score (nSPS) is 10.8. The Morgan fingerprint density at radius 2 is 1.57 bits per heavy atom. The van der Waals surface area contributed by atoms with Crippen molar-refractivity contribution in [3.63, 3.8) is 0 Å². The molecule has 1 aromatic heterocycles. The fourth-order valence-corrected chi connectivity index (χ4v) is 3.00. The maximum Gasteiger partial charge on any atom is 0.375 e. The van der Waals surface area contributed by atoms with Gasteiger partial charge >= 0.3 is 5.97 Å². The van der Waals surface area contributed by atoms with Gasteiger partial charge in [0.25, 0.3) is 0 Å². The van der Waals surface area contributed by atoms with E-state index in [1.54, 1.807) is 12.1 Å². The molecule has 4 rings (SSSR count). The molecule has 0 fully saturated rings. The quantitative estimate of drug-likeness (QED) is 0.376. The van der Waals surface area contributed by atoms with E-state index in [4.69, 9.17) is 25.5 Å². The Balaban J connectivity index is 1.56. The van der Waals surface area contributed by atoms with Crippen molar-refractivity contribution >= 4 is 28.5 Å². The zero-order valence-electron chi connectivity index (χ0n) is 14.9. The van der Waals surface area contributed by atoms with Crippen LogP contribution in [0.2, 0.25) is 5.02 Å². The molecule has 0 atom stereocenters. The number of rotatable bonds is 6. The second-order valence-electron chi connectivity index (χ2n) is 6.21. The minimum atomic E-state index is -0.530. The average molecular weight is 393 g/mol. The van der Waals surface area contributed by atoms with Crippen LogP contribution in [0, 0.1) is 0 Å². The molecule has 0 spiro atoms. The van der Waals surface area contributed by atoms with Crippen LogP contribution in [0.1, 0.15) is 21.7 Å². The van der Waals surface area contributed by atoms with Gasteiger partial charge in [-0.1, -0.05) is 60.1 Å². The van der Waals surface area contributed by atoms with Crippen LogP contribution in [0.3, 0.4) is 0 Å². The zero-order chi connectivity index (χ0) is 19.3. The van der Waals surface area contributed by atoms with E-state index in [1.807, 2.05) is 66.7 Å². The highest BCUT2D eigenvalue weighted by molar-refractivity contribution is 6.30. The maximum absolute atomic E-state index is 12.7. The third kappa shape index (κ3) is 4.02. The lowest BCUT2D eigenvalue weighted by molar-refractivity contribution is 0.0435. The monoisotopic (exact) mass is 392 g/mol. The van der Waals surface area contributed by atoms with E-state index in [9.17, 15) is 4.79 Å². The van der Waals surface area contributed by atoms with Crippen LogP contribution >= 0.6 is 11.6 Å². The molecule has 0 saturated carbocycles. The topological polar surface area (TPSA) is 48.7 Å². The summed E-state index contributed by atoms with van der Waals surface area (Å²) in [7, 11) is 0. The molecule has 0 unspecified atom stereocenters. The molecule has 0 saturated heterocycles. The van der Waals surface area contributed by atoms with Gasteiger partial charge in [0, 0.05) is 10.4 Å². The number of carbonyl (C=O) groups is 1. The van der Waals surface area contributed by atoms with Crippen molar-refractivity contribution in [3.05, 3.63) is 101 Å². The molecule has 5 heteroatoms. The second-order valence-corrected chi connectivity index (χ2v) is 6.65. The summed E-state index contributed by atoms with van der Waals surface area (Å²) in [6, 6.07) is 24.0. The lowest BCUT2D eigenvalue weighted by Crippen LogP contribution is -2.08. The number of fused-ring (bicyclic) bond motifs is 1. The molecule has 3 aromatic carbocycles.